The summed E-state index contributed by atoms with van der Waals surface area (Å²) < 4.78 is 24.9. The number of benzene rings is 5. The zero-order valence-corrected chi connectivity index (χ0v) is 22.4. The van der Waals surface area contributed by atoms with Gasteiger partial charge < -0.3 is 17.7 Å². The number of rotatable bonds is 4. The second-order valence-electron chi connectivity index (χ2n) is 10.7. The molecule has 0 saturated carbocycles. The average molecular weight is 533 g/mol. The molecule has 0 fully saturated rings. The minimum absolute atomic E-state index is 0.789. The Morgan fingerprint density at radius 1 is 0.561 bits per heavy atom. The molecule has 5 aromatic carbocycles. The summed E-state index contributed by atoms with van der Waals surface area (Å²) in [7, 11) is 0. The molecule has 0 radical (unpaired) electrons. The van der Waals surface area contributed by atoms with Crippen LogP contribution in [0.25, 0.3) is 94.0 Å². The van der Waals surface area contributed by atoms with Crippen molar-refractivity contribution in [2.24, 2.45) is 0 Å². The molecule has 0 N–H and O–H groups in total. The van der Waals surface area contributed by atoms with Crippen LogP contribution in [0, 0.1) is 0 Å². The van der Waals surface area contributed by atoms with Crippen LogP contribution in [0.5, 0.6) is 0 Å². The van der Waals surface area contributed by atoms with Crippen LogP contribution in [0.2, 0.25) is 0 Å². The van der Waals surface area contributed by atoms with E-state index >= 15 is 0 Å². The molecule has 9 rings (SSSR count). The van der Waals surface area contributed by atoms with Crippen LogP contribution in [0.4, 0.5) is 0 Å². The molecule has 0 bridgehead atoms. The highest BCUT2D eigenvalue weighted by Gasteiger charge is 2.18. The maximum atomic E-state index is 6.42. The number of para-hydroxylation sites is 1. The molecule has 0 saturated heterocycles. The molecule has 196 valence electrons. The van der Waals surface area contributed by atoms with Crippen molar-refractivity contribution in [2.45, 2.75) is 19.8 Å². The Kier molecular flexibility index (Phi) is 4.62. The predicted molar refractivity (Wildman–Crippen MR) is 167 cm³/mol. The Morgan fingerprint density at radius 3 is 2.02 bits per heavy atom. The molecule has 9 aromatic rings. The van der Waals surface area contributed by atoms with E-state index in [-0.39, 0.29) is 0 Å². The molecule has 4 heteroatoms. The van der Waals surface area contributed by atoms with Crippen LogP contribution in [0.15, 0.2) is 115 Å². The molecule has 0 unspecified atom stereocenters. The van der Waals surface area contributed by atoms with Gasteiger partial charge in [0.05, 0.1) is 11.6 Å². The molecule has 0 aliphatic rings. The van der Waals surface area contributed by atoms with Gasteiger partial charge in [0.2, 0.25) is 0 Å². The van der Waals surface area contributed by atoms with Crippen molar-refractivity contribution in [3.05, 3.63) is 103 Å². The van der Waals surface area contributed by atoms with Crippen molar-refractivity contribution in [3.8, 4) is 11.1 Å². The number of allylic oxidation sites excluding steroid dienone is 1. The van der Waals surface area contributed by atoms with Gasteiger partial charge in [0.25, 0.3) is 0 Å². The number of unbranched alkanes of at least 4 members (excludes halogenated alkanes) is 1. The van der Waals surface area contributed by atoms with Gasteiger partial charge in [0.1, 0.15) is 27.9 Å². The Balaban J connectivity index is 1.20. The smallest absolute Gasteiger partial charge is 0.178 e. The quantitative estimate of drug-likeness (QED) is 0.226. The van der Waals surface area contributed by atoms with E-state index in [4.69, 9.17) is 17.7 Å². The average Bonchev–Trinajstić information content (AvgIpc) is 3.77. The molecule has 4 nitrogen and oxygen atoms in total. The van der Waals surface area contributed by atoms with E-state index in [9.17, 15) is 0 Å². The van der Waals surface area contributed by atoms with Crippen LogP contribution < -0.4 is 0 Å². The number of fused-ring (bicyclic) bond motifs is 12. The molecule has 0 aliphatic heterocycles. The lowest BCUT2D eigenvalue weighted by molar-refractivity contribution is 0.599. The van der Waals surface area contributed by atoms with E-state index in [1.54, 1.807) is 0 Å². The van der Waals surface area contributed by atoms with Crippen molar-refractivity contribution < 1.29 is 17.7 Å². The van der Waals surface area contributed by atoms with Gasteiger partial charge >= 0.3 is 0 Å². The summed E-state index contributed by atoms with van der Waals surface area (Å²) >= 11 is 0. The Hall–Kier alpha value is -5.22. The zero-order valence-electron chi connectivity index (χ0n) is 22.4. The van der Waals surface area contributed by atoms with Crippen molar-refractivity contribution in [2.75, 3.05) is 0 Å². The molecule has 0 atom stereocenters. The standard InChI is InChI=1S/C37H24O4/c1-2-3-4-7-23-20-38-36-24(23)12-13-26-29-19-22(11-16-32(29)41-37(26)36)21-10-15-31-28(18-21)25-14-17-33-34(35(25)40-31)27-8-5-6-9-30(27)39-33/h4-20H,2-3H2,1H3/b7-4-. The van der Waals surface area contributed by atoms with Gasteiger partial charge in [-0.3, -0.25) is 0 Å². The molecule has 41 heavy (non-hydrogen) atoms. The fraction of sp³-hybridized carbons (Fsp3) is 0.0811. The van der Waals surface area contributed by atoms with Gasteiger partial charge in [-0.1, -0.05) is 55.8 Å². The second kappa shape index (κ2) is 8.39. The first-order valence-electron chi connectivity index (χ1n) is 14.1. The lowest BCUT2D eigenvalue weighted by atomic mass is 10.00. The van der Waals surface area contributed by atoms with Crippen LogP contribution in [0.1, 0.15) is 25.3 Å². The van der Waals surface area contributed by atoms with E-state index in [0.29, 0.717) is 0 Å². The summed E-state index contributed by atoms with van der Waals surface area (Å²) in [6, 6.07) is 29.3. The number of hydrogen-bond donors (Lipinski definition) is 0. The maximum Gasteiger partial charge on any atom is 0.178 e. The van der Waals surface area contributed by atoms with E-state index in [1.807, 2.05) is 30.5 Å². The summed E-state index contributed by atoms with van der Waals surface area (Å²) in [4.78, 5) is 0. The SMILES string of the molecule is CCC/C=C\c1coc2c1ccc1c3cc(-c4ccc5oc6c(ccc7oc8ccccc8c76)c5c4)ccc3oc12. The maximum absolute atomic E-state index is 6.42. The van der Waals surface area contributed by atoms with Crippen LogP contribution in [0.3, 0.4) is 0 Å². The van der Waals surface area contributed by atoms with Gasteiger partial charge in [0, 0.05) is 37.9 Å². The van der Waals surface area contributed by atoms with Crippen LogP contribution >= 0.6 is 0 Å². The molecular formula is C37H24O4. The Bertz CT molecular complexity index is 2490. The van der Waals surface area contributed by atoms with Gasteiger partial charge in [-0.05, 0) is 72.1 Å². The summed E-state index contributed by atoms with van der Waals surface area (Å²) in [6.45, 7) is 2.18. The summed E-state index contributed by atoms with van der Waals surface area (Å²) in [5, 5.41) is 7.46. The molecule has 4 heterocycles. The first-order valence-corrected chi connectivity index (χ1v) is 14.1. The van der Waals surface area contributed by atoms with Crippen LogP contribution in [-0.4, -0.2) is 0 Å². The fourth-order valence-electron chi connectivity index (χ4n) is 6.25. The van der Waals surface area contributed by atoms with Crippen LogP contribution in [-0.2, 0) is 0 Å². The minimum Gasteiger partial charge on any atom is -0.460 e. The van der Waals surface area contributed by atoms with E-state index in [2.05, 4.69) is 79.7 Å². The molecule has 4 aromatic heterocycles. The van der Waals surface area contributed by atoms with E-state index in [0.717, 1.165) is 106 Å². The zero-order chi connectivity index (χ0) is 27.1. The third-order valence-electron chi connectivity index (χ3n) is 8.27. The predicted octanol–water partition coefficient (Wildman–Crippen LogP) is 11.6. The van der Waals surface area contributed by atoms with E-state index in [1.165, 1.54) is 0 Å². The fourth-order valence-corrected chi connectivity index (χ4v) is 6.25. The third kappa shape index (κ3) is 3.22. The van der Waals surface area contributed by atoms with Crippen molar-refractivity contribution in [1.29, 1.82) is 0 Å². The number of furan rings is 4. The molecular weight excluding hydrogens is 508 g/mol. The largest absolute Gasteiger partial charge is 0.460 e. The first-order chi connectivity index (χ1) is 20.3. The van der Waals surface area contributed by atoms with Gasteiger partial charge in [-0.15, -0.1) is 0 Å². The number of hydrogen-bond acceptors (Lipinski definition) is 4. The van der Waals surface area contributed by atoms with Gasteiger partial charge in [-0.25, -0.2) is 0 Å². The van der Waals surface area contributed by atoms with Crippen molar-refractivity contribution in [3.63, 3.8) is 0 Å². The highest BCUT2D eigenvalue weighted by Crippen LogP contribution is 2.41. The first kappa shape index (κ1) is 22.6. The Labute approximate surface area is 234 Å². The lowest BCUT2D eigenvalue weighted by Gasteiger charge is -2.02. The van der Waals surface area contributed by atoms with Gasteiger partial charge in [-0.2, -0.15) is 0 Å². The molecule has 0 spiro atoms. The minimum atomic E-state index is 0.789. The topological polar surface area (TPSA) is 52.6 Å². The third-order valence-corrected chi connectivity index (χ3v) is 8.27. The van der Waals surface area contributed by atoms with Crippen molar-refractivity contribution >= 4 is 82.9 Å². The van der Waals surface area contributed by atoms with E-state index < -0.39 is 0 Å². The highest BCUT2D eigenvalue weighted by atomic mass is 16.4. The monoisotopic (exact) mass is 532 g/mol. The van der Waals surface area contributed by atoms with Gasteiger partial charge in [0.15, 0.2) is 11.2 Å². The summed E-state index contributed by atoms with van der Waals surface area (Å²) in [5.74, 6) is 0. The Morgan fingerprint density at radius 2 is 1.22 bits per heavy atom. The molecule has 0 aliphatic carbocycles. The van der Waals surface area contributed by atoms with Crippen molar-refractivity contribution in [1.82, 2.24) is 0 Å². The lowest BCUT2D eigenvalue weighted by Crippen LogP contribution is -1.78. The normalized spacial score (nSPS) is 12.6. The highest BCUT2D eigenvalue weighted by molar-refractivity contribution is 6.22. The summed E-state index contributed by atoms with van der Waals surface area (Å²) in [6.07, 6.45) is 8.32. The second-order valence-corrected chi connectivity index (χ2v) is 10.7. The molecule has 0 amide bonds. The summed E-state index contributed by atoms with van der Waals surface area (Å²) in [5.41, 5.74) is 9.18.